The zero-order valence-electron chi connectivity index (χ0n) is 5.63. The molecule has 2 rings (SSSR count). The van der Waals surface area contributed by atoms with Gasteiger partial charge in [-0.2, -0.15) is 0 Å². The van der Waals surface area contributed by atoms with Gasteiger partial charge in [-0.25, -0.2) is 0 Å². The first-order valence-electron chi connectivity index (χ1n) is 3.19. The quantitative estimate of drug-likeness (QED) is 0.693. The second-order valence-electron chi connectivity index (χ2n) is 2.31. The Morgan fingerprint density at radius 3 is 3.18 bits per heavy atom. The van der Waals surface area contributed by atoms with Crippen molar-refractivity contribution in [1.29, 1.82) is 0 Å². The summed E-state index contributed by atoms with van der Waals surface area (Å²) in [6, 6.07) is 5.74. The molecule has 4 heteroatoms. The Balaban J connectivity index is 2.50. The molecule has 58 valence electrons. The molecule has 1 atom stereocenters. The van der Waals surface area contributed by atoms with Crippen molar-refractivity contribution in [2.75, 3.05) is 11.2 Å². The summed E-state index contributed by atoms with van der Waals surface area (Å²) >= 11 is 2.51. The molecule has 0 aromatic heterocycles. The van der Waals surface area contributed by atoms with Crippen LogP contribution in [0.2, 0.25) is 0 Å². The third kappa shape index (κ3) is 1.26. The van der Waals surface area contributed by atoms with Crippen LogP contribution in [0, 0.1) is 0 Å². The van der Waals surface area contributed by atoms with Crippen LogP contribution in [0.4, 0.5) is 5.69 Å². The number of fused-ring (bicyclic) bond motifs is 1. The monoisotopic (exact) mass is 231 g/mol. The molecule has 0 radical (unpaired) electrons. The van der Waals surface area contributed by atoms with Gasteiger partial charge in [0.15, 0.2) is 10.8 Å². The molecule has 11 heavy (non-hydrogen) atoms. The molecule has 0 saturated heterocycles. The molecule has 0 saturated carbocycles. The zero-order valence-corrected chi connectivity index (χ0v) is 8.04. The number of anilines is 1. The van der Waals surface area contributed by atoms with Gasteiger partial charge in [0.2, 0.25) is 0 Å². The van der Waals surface area contributed by atoms with E-state index in [1.54, 1.807) is 0 Å². The van der Waals surface area contributed by atoms with E-state index in [4.69, 9.17) is 0 Å². The summed E-state index contributed by atoms with van der Waals surface area (Å²) in [5.74, 6) is 0.547. The summed E-state index contributed by atoms with van der Waals surface area (Å²) in [6.07, 6.45) is 0. The van der Waals surface area contributed by atoms with Gasteiger partial charge in [-0.05, 0) is 18.2 Å². The highest BCUT2D eigenvalue weighted by atomic mass is 79.9. The summed E-state index contributed by atoms with van der Waals surface area (Å²) in [4.78, 5) is 0.910. The van der Waals surface area contributed by atoms with E-state index < -0.39 is 11.2 Å². The molecule has 0 aliphatic carbocycles. The Bertz CT molecular complexity index is 292. The topological polar surface area (TPSA) is 35.1 Å². The molecule has 0 bridgehead atoms. The van der Waals surface area contributed by atoms with E-state index in [1.165, 1.54) is 0 Å². The maximum Gasteiger partial charge on any atom is 0.181 e. The Hall–Kier alpha value is -0.190. The first-order valence-corrected chi connectivity index (χ1v) is 5.30. The average molecular weight is 232 g/mol. The van der Waals surface area contributed by atoms with Crippen molar-refractivity contribution in [1.82, 2.24) is 0 Å². The van der Waals surface area contributed by atoms with Crippen LogP contribution in [0.5, 0.6) is 0 Å². The van der Waals surface area contributed by atoms with Gasteiger partial charge in [-0.15, -0.1) is 0 Å². The van der Waals surface area contributed by atoms with Crippen molar-refractivity contribution >= 4 is 32.8 Å². The van der Waals surface area contributed by atoms with E-state index in [2.05, 4.69) is 21.2 Å². The fraction of sp³-hybridized carbons (Fsp3) is 0.143. The minimum absolute atomic E-state index is 0.547. The van der Waals surface area contributed by atoms with Gasteiger partial charge >= 0.3 is 0 Å². The Labute approximate surface area is 76.3 Å². The summed E-state index contributed by atoms with van der Waals surface area (Å²) in [6.45, 7) is 0. The van der Waals surface area contributed by atoms with Gasteiger partial charge in [-0.1, -0.05) is 15.9 Å². The van der Waals surface area contributed by atoms with Gasteiger partial charge in [0.1, 0.15) is 0 Å². The lowest BCUT2D eigenvalue weighted by Crippen LogP contribution is -2.02. The van der Waals surface area contributed by atoms with E-state index in [0.717, 1.165) is 15.1 Å². The maximum atomic E-state index is 11.2. The van der Waals surface area contributed by atoms with Crippen molar-refractivity contribution in [2.24, 2.45) is 0 Å². The van der Waals surface area contributed by atoms with Crippen LogP contribution in [0.3, 0.4) is 0 Å². The van der Waals surface area contributed by atoms with Crippen LogP contribution in [0.1, 0.15) is 0 Å². The molecule has 0 spiro atoms. The van der Waals surface area contributed by atoms with Crippen LogP contribution >= 0.6 is 15.9 Å². The van der Waals surface area contributed by atoms with Gasteiger partial charge in [0.05, 0.1) is 5.69 Å². The number of benzene rings is 1. The fourth-order valence-electron chi connectivity index (χ4n) is 1.06. The lowest BCUT2D eigenvalue weighted by Gasteiger charge is -1.99. The second kappa shape index (κ2) is 2.69. The SMILES string of the molecule is [O-][S+]1CNc2cc(Br)ccc21. The van der Waals surface area contributed by atoms with Crippen molar-refractivity contribution in [3.8, 4) is 0 Å². The average Bonchev–Trinajstić information content (AvgIpc) is 2.32. The Kier molecular flexibility index (Phi) is 1.83. The number of rotatable bonds is 0. The summed E-state index contributed by atoms with van der Waals surface area (Å²) in [5, 5.41) is 3.06. The lowest BCUT2D eigenvalue weighted by atomic mass is 10.3. The summed E-state index contributed by atoms with van der Waals surface area (Å²) in [5.41, 5.74) is 0.984. The number of nitrogens with one attached hydrogen (secondary N) is 1. The van der Waals surface area contributed by atoms with E-state index in [0.29, 0.717) is 5.88 Å². The molecule has 1 aromatic rings. The van der Waals surface area contributed by atoms with Crippen molar-refractivity contribution in [3.05, 3.63) is 22.7 Å². The maximum absolute atomic E-state index is 11.2. The van der Waals surface area contributed by atoms with Gasteiger partial charge in [0.25, 0.3) is 0 Å². The molecule has 0 fully saturated rings. The van der Waals surface area contributed by atoms with Crippen LogP contribution in [-0.4, -0.2) is 10.4 Å². The minimum atomic E-state index is -0.838. The molecule has 1 aromatic carbocycles. The normalized spacial score (nSPS) is 21.1. The first kappa shape index (κ1) is 7.46. The van der Waals surface area contributed by atoms with E-state index in [-0.39, 0.29) is 0 Å². The molecule has 1 heterocycles. The molecule has 2 nitrogen and oxygen atoms in total. The number of hydrogen-bond donors (Lipinski definition) is 1. The predicted molar refractivity (Wildman–Crippen MR) is 49.0 cm³/mol. The van der Waals surface area contributed by atoms with Gasteiger partial charge in [-0.3, -0.25) is 0 Å². The molecule has 1 aliphatic rings. The standard InChI is InChI=1S/C7H6BrNOS/c8-5-1-2-7-6(3-5)9-4-11(7)10/h1-3,9H,4H2. The smallest absolute Gasteiger partial charge is 0.181 e. The molecule has 1 unspecified atom stereocenters. The first-order chi connectivity index (χ1) is 5.27. The molecule has 1 N–H and O–H groups in total. The van der Waals surface area contributed by atoms with Gasteiger partial charge < -0.3 is 9.87 Å². The summed E-state index contributed by atoms with van der Waals surface area (Å²) < 4.78 is 12.2. The Morgan fingerprint density at radius 1 is 1.55 bits per heavy atom. The second-order valence-corrected chi connectivity index (χ2v) is 4.64. The number of hydrogen-bond acceptors (Lipinski definition) is 2. The van der Waals surface area contributed by atoms with Crippen LogP contribution < -0.4 is 5.32 Å². The van der Waals surface area contributed by atoms with E-state index in [1.807, 2.05) is 18.2 Å². The highest BCUT2D eigenvalue weighted by Crippen LogP contribution is 2.30. The Morgan fingerprint density at radius 2 is 2.36 bits per heavy atom. The van der Waals surface area contributed by atoms with E-state index in [9.17, 15) is 4.55 Å². The van der Waals surface area contributed by atoms with Crippen LogP contribution in [0.25, 0.3) is 0 Å². The predicted octanol–water partition coefficient (Wildman–Crippen LogP) is 1.94. The van der Waals surface area contributed by atoms with Crippen molar-refractivity contribution < 1.29 is 4.55 Å². The van der Waals surface area contributed by atoms with Crippen LogP contribution in [0.15, 0.2) is 27.6 Å². The summed E-state index contributed by atoms with van der Waals surface area (Å²) in [7, 11) is 0. The minimum Gasteiger partial charge on any atom is -0.610 e. The molecule has 1 aliphatic heterocycles. The molecular formula is C7H6BrNOS. The highest BCUT2D eigenvalue weighted by molar-refractivity contribution is 9.10. The largest absolute Gasteiger partial charge is 0.610 e. The van der Waals surface area contributed by atoms with Crippen molar-refractivity contribution in [3.63, 3.8) is 0 Å². The third-order valence-corrected chi connectivity index (χ3v) is 3.33. The van der Waals surface area contributed by atoms with Crippen LogP contribution in [-0.2, 0) is 11.2 Å². The van der Waals surface area contributed by atoms with E-state index >= 15 is 0 Å². The zero-order chi connectivity index (χ0) is 7.84. The van der Waals surface area contributed by atoms with Gasteiger partial charge in [0, 0.05) is 15.6 Å². The number of halogens is 1. The lowest BCUT2D eigenvalue weighted by molar-refractivity contribution is 0.600. The molecular weight excluding hydrogens is 226 g/mol. The fourth-order valence-corrected chi connectivity index (χ4v) is 2.46. The third-order valence-electron chi connectivity index (χ3n) is 1.58. The van der Waals surface area contributed by atoms with Crippen molar-refractivity contribution in [2.45, 2.75) is 4.90 Å². The molecule has 0 amide bonds. The highest BCUT2D eigenvalue weighted by Gasteiger charge is 2.23.